The molecular formula is C13H23N3O2S. The van der Waals surface area contributed by atoms with Crippen molar-refractivity contribution in [3.8, 4) is 0 Å². The molecule has 0 aliphatic carbocycles. The van der Waals surface area contributed by atoms with Gasteiger partial charge in [0.25, 0.3) is 0 Å². The highest BCUT2D eigenvalue weighted by molar-refractivity contribution is 7.89. The summed E-state index contributed by atoms with van der Waals surface area (Å²) in [7, 11) is -3.19. The van der Waals surface area contributed by atoms with Gasteiger partial charge in [-0.2, -0.15) is 0 Å². The van der Waals surface area contributed by atoms with Crippen LogP contribution in [0.5, 0.6) is 0 Å². The second kappa shape index (κ2) is 8.24. The van der Waals surface area contributed by atoms with E-state index < -0.39 is 10.0 Å². The van der Waals surface area contributed by atoms with Crippen molar-refractivity contribution in [1.82, 2.24) is 15.0 Å². The van der Waals surface area contributed by atoms with Gasteiger partial charge in [0.1, 0.15) is 0 Å². The van der Waals surface area contributed by atoms with Gasteiger partial charge in [-0.1, -0.05) is 6.92 Å². The highest BCUT2D eigenvalue weighted by Gasteiger charge is 2.10. The molecule has 1 rings (SSSR count). The fraction of sp³-hybridized carbons (Fsp3) is 0.615. The number of hydrogen-bond donors (Lipinski definition) is 2. The fourth-order valence-electron chi connectivity index (χ4n) is 1.65. The van der Waals surface area contributed by atoms with Crippen molar-refractivity contribution in [2.45, 2.75) is 33.2 Å². The summed E-state index contributed by atoms with van der Waals surface area (Å²) in [6, 6.07) is 1.83. The second-order valence-electron chi connectivity index (χ2n) is 4.55. The molecule has 0 saturated carbocycles. The lowest BCUT2D eigenvalue weighted by Gasteiger charge is -2.08. The predicted octanol–water partition coefficient (Wildman–Crippen LogP) is 1.20. The Morgan fingerprint density at radius 2 is 2.11 bits per heavy atom. The van der Waals surface area contributed by atoms with E-state index in [-0.39, 0.29) is 5.75 Å². The van der Waals surface area contributed by atoms with Crippen molar-refractivity contribution in [2.24, 2.45) is 0 Å². The molecule has 1 aromatic heterocycles. The van der Waals surface area contributed by atoms with Crippen LogP contribution < -0.4 is 10.0 Å². The van der Waals surface area contributed by atoms with Gasteiger partial charge in [-0.05, 0) is 50.0 Å². The number of nitrogens with zero attached hydrogens (tertiary/aromatic N) is 1. The largest absolute Gasteiger partial charge is 0.317 e. The van der Waals surface area contributed by atoms with E-state index in [0.717, 1.165) is 30.6 Å². The normalized spacial score (nSPS) is 11.7. The number of aromatic nitrogens is 1. The first kappa shape index (κ1) is 16.1. The number of nitrogens with one attached hydrogen (secondary N) is 2. The summed E-state index contributed by atoms with van der Waals surface area (Å²) < 4.78 is 26.2. The summed E-state index contributed by atoms with van der Waals surface area (Å²) in [6.07, 6.45) is 5.10. The Labute approximate surface area is 115 Å². The first-order chi connectivity index (χ1) is 9.05. The first-order valence-corrected chi connectivity index (χ1v) is 8.28. The Bertz CT molecular complexity index is 475. The Morgan fingerprint density at radius 1 is 1.32 bits per heavy atom. The van der Waals surface area contributed by atoms with E-state index in [9.17, 15) is 8.42 Å². The van der Waals surface area contributed by atoms with Gasteiger partial charge >= 0.3 is 0 Å². The zero-order valence-corrected chi connectivity index (χ0v) is 12.5. The van der Waals surface area contributed by atoms with Crippen LogP contribution in [0.15, 0.2) is 18.5 Å². The molecule has 2 N–H and O–H groups in total. The molecule has 0 amide bonds. The third-order valence-electron chi connectivity index (χ3n) is 2.81. The van der Waals surface area contributed by atoms with Crippen LogP contribution in [0.1, 0.15) is 30.9 Å². The van der Waals surface area contributed by atoms with Crippen LogP contribution >= 0.6 is 0 Å². The first-order valence-electron chi connectivity index (χ1n) is 6.62. The monoisotopic (exact) mass is 285 g/mol. The predicted molar refractivity (Wildman–Crippen MR) is 77.4 cm³/mol. The van der Waals surface area contributed by atoms with Crippen molar-refractivity contribution in [1.29, 1.82) is 0 Å². The number of sulfonamides is 1. The lowest BCUT2D eigenvalue weighted by molar-refractivity contribution is 0.574. The number of aryl methyl sites for hydroxylation is 1. The van der Waals surface area contributed by atoms with E-state index in [1.54, 1.807) is 12.4 Å². The van der Waals surface area contributed by atoms with Crippen LogP contribution in [0.25, 0.3) is 0 Å². The molecular weight excluding hydrogens is 262 g/mol. The standard InChI is InChI=1S/C13H23N3O2S/c1-3-6-14-7-4-9-19(17,18)16-11-13-5-8-15-10-12(13)2/h5,8,10,14,16H,3-4,6-7,9,11H2,1-2H3. The molecule has 0 unspecified atom stereocenters. The molecule has 0 spiro atoms. The maximum atomic E-state index is 11.8. The summed E-state index contributed by atoms with van der Waals surface area (Å²) in [4.78, 5) is 3.98. The molecule has 0 bridgehead atoms. The van der Waals surface area contributed by atoms with E-state index in [4.69, 9.17) is 0 Å². The maximum absolute atomic E-state index is 11.8. The SMILES string of the molecule is CCCNCCCS(=O)(=O)NCc1ccncc1C. The van der Waals surface area contributed by atoms with Gasteiger partial charge < -0.3 is 5.32 Å². The van der Waals surface area contributed by atoms with Crippen LogP contribution in [0, 0.1) is 6.92 Å². The Balaban J connectivity index is 2.33. The topological polar surface area (TPSA) is 71.1 Å². The molecule has 108 valence electrons. The molecule has 0 aliphatic heterocycles. The van der Waals surface area contributed by atoms with Crippen molar-refractivity contribution in [2.75, 3.05) is 18.8 Å². The Hall–Kier alpha value is -0.980. The van der Waals surface area contributed by atoms with Crippen molar-refractivity contribution in [3.05, 3.63) is 29.6 Å². The minimum atomic E-state index is -3.19. The number of hydrogen-bond acceptors (Lipinski definition) is 4. The average molecular weight is 285 g/mol. The molecule has 0 saturated heterocycles. The van der Waals surface area contributed by atoms with E-state index in [2.05, 4.69) is 21.9 Å². The average Bonchev–Trinajstić information content (AvgIpc) is 2.37. The van der Waals surface area contributed by atoms with Gasteiger partial charge in [0.2, 0.25) is 10.0 Å². The zero-order valence-electron chi connectivity index (χ0n) is 11.6. The van der Waals surface area contributed by atoms with Crippen LogP contribution in [-0.2, 0) is 16.6 Å². The third-order valence-corrected chi connectivity index (χ3v) is 4.22. The molecule has 0 radical (unpaired) electrons. The molecule has 0 aliphatic rings. The minimum absolute atomic E-state index is 0.161. The fourth-order valence-corrected chi connectivity index (χ4v) is 2.69. The van der Waals surface area contributed by atoms with E-state index >= 15 is 0 Å². The van der Waals surface area contributed by atoms with Crippen LogP contribution in [0.4, 0.5) is 0 Å². The minimum Gasteiger partial charge on any atom is -0.317 e. The summed E-state index contributed by atoms with van der Waals surface area (Å²) in [5, 5.41) is 3.19. The van der Waals surface area contributed by atoms with E-state index in [0.29, 0.717) is 13.0 Å². The van der Waals surface area contributed by atoms with Crippen molar-refractivity contribution >= 4 is 10.0 Å². The van der Waals surface area contributed by atoms with Gasteiger partial charge in [0.15, 0.2) is 0 Å². The smallest absolute Gasteiger partial charge is 0.211 e. The maximum Gasteiger partial charge on any atom is 0.211 e. The molecule has 1 aromatic rings. The summed E-state index contributed by atoms with van der Waals surface area (Å²) in [6.45, 7) is 6.01. The lowest BCUT2D eigenvalue weighted by atomic mass is 10.2. The molecule has 1 heterocycles. The quantitative estimate of drug-likeness (QED) is 0.669. The van der Waals surface area contributed by atoms with Gasteiger partial charge in [0, 0.05) is 18.9 Å². The highest BCUT2D eigenvalue weighted by Crippen LogP contribution is 2.05. The van der Waals surface area contributed by atoms with Crippen molar-refractivity contribution < 1.29 is 8.42 Å². The van der Waals surface area contributed by atoms with Crippen LogP contribution in [0.3, 0.4) is 0 Å². The highest BCUT2D eigenvalue weighted by atomic mass is 32.2. The molecule has 6 heteroatoms. The molecule has 0 fully saturated rings. The molecule has 0 aromatic carbocycles. The molecule has 19 heavy (non-hydrogen) atoms. The zero-order chi connectivity index (χ0) is 14.1. The summed E-state index contributed by atoms with van der Waals surface area (Å²) in [5.41, 5.74) is 1.96. The summed E-state index contributed by atoms with van der Waals surface area (Å²) >= 11 is 0. The van der Waals surface area contributed by atoms with E-state index in [1.165, 1.54) is 0 Å². The van der Waals surface area contributed by atoms with Gasteiger partial charge in [0.05, 0.1) is 5.75 Å². The van der Waals surface area contributed by atoms with Crippen LogP contribution in [0.2, 0.25) is 0 Å². The van der Waals surface area contributed by atoms with Crippen molar-refractivity contribution in [3.63, 3.8) is 0 Å². The lowest BCUT2D eigenvalue weighted by Crippen LogP contribution is -2.28. The van der Waals surface area contributed by atoms with E-state index in [1.807, 2.05) is 13.0 Å². The second-order valence-corrected chi connectivity index (χ2v) is 6.47. The van der Waals surface area contributed by atoms with Gasteiger partial charge in [-0.3, -0.25) is 4.98 Å². The number of pyridine rings is 1. The molecule has 5 nitrogen and oxygen atoms in total. The van der Waals surface area contributed by atoms with Crippen LogP contribution in [-0.4, -0.2) is 32.2 Å². The third kappa shape index (κ3) is 6.66. The molecule has 0 atom stereocenters. The van der Waals surface area contributed by atoms with Gasteiger partial charge in [-0.25, -0.2) is 13.1 Å². The Morgan fingerprint density at radius 3 is 2.79 bits per heavy atom. The number of rotatable bonds is 9. The Kier molecular flexibility index (Phi) is 6.97. The van der Waals surface area contributed by atoms with Gasteiger partial charge in [-0.15, -0.1) is 0 Å². The summed E-state index contributed by atoms with van der Waals surface area (Å²) in [5.74, 6) is 0.161.